The number of nitrogens with zero attached hydrogens (tertiary/aromatic N) is 2. The minimum atomic E-state index is 0.401. The molecule has 0 N–H and O–H groups in total. The Morgan fingerprint density at radius 2 is 1.80 bits per heavy atom. The van der Waals surface area contributed by atoms with Crippen LogP contribution in [0.4, 0.5) is 0 Å². The summed E-state index contributed by atoms with van der Waals surface area (Å²) in [6.45, 7) is 3.79. The van der Waals surface area contributed by atoms with Gasteiger partial charge in [0.05, 0.1) is 11.4 Å². The molecule has 0 saturated heterocycles. The average molecular weight is 259 g/mol. The lowest BCUT2D eigenvalue weighted by molar-refractivity contribution is 1.05. The summed E-state index contributed by atoms with van der Waals surface area (Å²) in [5, 5.41) is 2.31. The zero-order chi connectivity index (χ0) is 11.0. The molecule has 2 nitrogen and oxygen atoms in total. The van der Waals surface area contributed by atoms with Crippen molar-refractivity contribution in [1.29, 1.82) is 0 Å². The molecule has 2 rings (SSSR count). The molecule has 0 bridgehead atoms. The van der Waals surface area contributed by atoms with Crippen LogP contribution in [-0.4, -0.2) is 9.97 Å². The molecule has 15 heavy (non-hydrogen) atoms. The second kappa shape index (κ2) is 4.08. The highest BCUT2D eigenvalue weighted by molar-refractivity contribution is 7.15. The van der Waals surface area contributed by atoms with Crippen LogP contribution >= 0.6 is 34.5 Å². The van der Waals surface area contributed by atoms with Crippen molar-refractivity contribution in [1.82, 2.24) is 9.97 Å². The lowest BCUT2D eigenvalue weighted by atomic mass is 10.2. The molecule has 0 spiro atoms. The van der Waals surface area contributed by atoms with Crippen molar-refractivity contribution >= 4 is 34.5 Å². The fourth-order valence-corrected chi connectivity index (χ4v) is 2.40. The van der Waals surface area contributed by atoms with Crippen LogP contribution in [0.2, 0.25) is 9.49 Å². The number of hydrogen-bond acceptors (Lipinski definition) is 3. The molecule has 0 amide bonds. The third kappa shape index (κ3) is 2.00. The highest BCUT2D eigenvalue weighted by Crippen LogP contribution is 2.34. The maximum absolute atomic E-state index is 6.04. The Bertz CT molecular complexity index is 508. The fraction of sp³-hybridized carbons (Fsp3) is 0.200. The first kappa shape index (κ1) is 10.9. The van der Waals surface area contributed by atoms with Crippen molar-refractivity contribution in [2.45, 2.75) is 13.8 Å². The molecule has 0 aliphatic rings. The molecule has 0 radical (unpaired) electrons. The smallest absolute Gasteiger partial charge is 0.155 e. The zero-order valence-corrected chi connectivity index (χ0v) is 10.5. The van der Waals surface area contributed by atoms with Crippen LogP contribution in [0, 0.1) is 13.8 Å². The molecule has 0 fully saturated rings. The van der Waals surface area contributed by atoms with Gasteiger partial charge in [0.25, 0.3) is 0 Å². The van der Waals surface area contributed by atoms with Gasteiger partial charge in [0.1, 0.15) is 10.0 Å². The van der Waals surface area contributed by atoms with Gasteiger partial charge >= 0.3 is 0 Å². The van der Waals surface area contributed by atoms with Gasteiger partial charge in [-0.05, 0) is 25.3 Å². The molecule has 2 aromatic heterocycles. The van der Waals surface area contributed by atoms with Gasteiger partial charge in [-0.3, -0.25) is 0 Å². The minimum absolute atomic E-state index is 0.401. The minimum Gasteiger partial charge on any atom is -0.248 e. The maximum Gasteiger partial charge on any atom is 0.155 e. The van der Waals surface area contributed by atoms with Crippen molar-refractivity contribution < 1.29 is 0 Å². The third-order valence-corrected chi connectivity index (χ3v) is 3.57. The molecule has 0 atom stereocenters. The Morgan fingerprint density at radius 1 is 1.13 bits per heavy atom. The Morgan fingerprint density at radius 3 is 2.40 bits per heavy atom. The highest BCUT2D eigenvalue weighted by atomic mass is 35.5. The average Bonchev–Trinajstić information content (AvgIpc) is 2.58. The van der Waals surface area contributed by atoms with Gasteiger partial charge < -0.3 is 0 Å². The molecule has 0 aromatic carbocycles. The summed E-state index contributed by atoms with van der Waals surface area (Å²) in [6.07, 6.45) is 0. The number of halogens is 2. The van der Waals surface area contributed by atoms with E-state index < -0.39 is 0 Å². The van der Waals surface area contributed by atoms with E-state index in [-0.39, 0.29) is 0 Å². The Labute approximate surface area is 102 Å². The van der Waals surface area contributed by atoms with Gasteiger partial charge in [0.15, 0.2) is 5.15 Å². The topological polar surface area (TPSA) is 25.8 Å². The number of hydrogen-bond donors (Lipinski definition) is 0. The van der Waals surface area contributed by atoms with E-state index in [1.807, 2.05) is 25.3 Å². The monoisotopic (exact) mass is 258 g/mol. The number of aryl methyl sites for hydroxylation is 2. The van der Waals surface area contributed by atoms with Crippen molar-refractivity contribution in [3.05, 3.63) is 32.3 Å². The second-order valence-electron chi connectivity index (χ2n) is 3.14. The second-order valence-corrected chi connectivity index (χ2v) is 5.02. The molecule has 0 unspecified atom stereocenters. The first-order chi connectivity index (χ1) is 7.09. The lowest BCUT2D eigenvalue weighted by Gasteiger charge is -2.05. The molecule has 2 aromatic rings. The Kier molecular flexibility index (Phi) is 2.96. The molecule has 2 heterocycles. The molecule has 0 aliphatic carbocycles. The summed E-state index contributed by atoms with van der Waals surface area (Å²) in [7, 11) is 0. The molecular formula is C10H8Cl2N2S. The Balaban J connectivity index is 2.64. The molecule has 0 aliphatic heterocycles. The lowest BCUT2D eigenvalue weighted by Crippen LogP contribution is -1.95. The van der Waals surface area contributed by atoms with Crippen molar-refractivity contribution in [3.63, 3.8) is 0 Å². The summed E-state index contributed by atoms with van der Waals surface area (Å²) in [4.78, 5) is 8.62. The number of thiophene rings is 1. The van der Waals surface area contributed by atoms with Crippen LogP contribution in [0.15, 0.2) is 11.4 Å². The SMILES string of the molecule is Cc1nc(Cl)c(-c2ccsc2Cl)nc1C. The van der Waals surface area contributed by atoms with E-state index in [9.17, 15) is 0 Å². The van der Waals surface area contributed by atoms with Crippen molar-refractivity contribution in [2.24, 2.45) is 0 Å². The van der Waals surface area contributed by atoms with Crippen LogP contribution < -0.4 is 0 Å². The normalized spacial score (nSPS) is 10.7. The largest absolute Gasteiger partial charge is 0.248 e. The third-order valence-electron chi connectivity index (χ3n) is 2.14. The van der Waals surface area contributed by atoms with Crippen LogP contribution in [0.3, 0.4) is 0 Å². The quantitative estimate of drug-likeness (QED) is 0.769. The first-order valence-corrected chi connectivity index (χ1v) is 5.97. The molecule has 78 valence electrons. The van der Waals surface area contributed by atoms with E-state index in [1.54, 1.807) is 0 Å². The summed E-state index contributed by atoms with van der Waals surface area (Å²) in [5.74, 6) is 0. The maximum atomic E-state index is 6.04. The van der Waals surface area contributed by atoms with E-state index in [0.29, 0.717) is 15.2 Å². The number of aromatic nitrogens is 2. The van der Waals surface area contributed by atoms with Gasteiger partial charge in [0.2, 0.25) is 0 Å². The van der Waals surface area contributed by atoms with E-state index in [4.69, 9.17) is 23.2 Å². The van der Waals surface area contributed by atoms with E-state index in [1.165, 1.54) is 11.3 Å². The van der Waals surface area contributed by atoms with E-state index in [2.05, 4.69) is 9.97 Å². The van der Waals surface area contributed by atoms with Crippen LogP contribution in [0.5, 0.6) is 0 Å². The van der Waals surface area contributed by atoms with Gasteiger partial charge in [-0.2, -0.15) is 0 Å². The van der Waals surface area contributed by atoms with E-state index >= 15 is 0 Å². The predicted octanol–water partition coefficient (Wildman–Crippen LogP) is 4.13. The van der Waals surface area contributed by atoms with Crippen LogP contribution in [0.1, 0.15) is 11.4 Å². The summed E-state index contributed by atoms with van der Waals surface area (Å²) >= 11 is 13.5. The Hall–Kier alpha value is -0.640. The highest BCUT2D eigenvalue weighted by Gasteiger charge is 2.13. The van der Waals surface area contributed by atoms with Gasteiger partial charge in [-0.1, -0.05) is 23.2 Å². The van der Waals surface area contributed by atoms with Crippen molar-refractivity contribution in [2.75, 3.05) is 0 Å². The predicted molar refractivity (Wildman–Crippen MR) is 64.8 cm³/mol. The zero-order valence-electron chi connectivity index (χ0n) is 8.21. The molecular weight excluding hydrogens is 251 g/mol. The van der Waals surface area contributed by atoms with Gasteiger partial charge in [0, 0.05) is 5.56 Å². The molecule has 0 saturated carbocycles. The van der Waals surface area contributed by atoms with E-state index in [0.717, 1.165) is 17.0 Å². The van der Waals surface area contributed by atoms with Gasteiger partial charge in [-0.25, -0.2) is 9.97 Å². The van der Waals surface area contributed by atoms with Gasteiger partial charge in [-0.15, -0.1) is 11.3 Å². The fourth-order valence-electron chi connectivity index (χ4n) is 1.21. The summed E-state index contributed by atoms with van der Waals surface area (Å²) in [5.41, 5.74) is 3.22. The van der Waals surface area contributed by atoms with Crippen LogP contribution in [-0.2, 0) is 0 Å². The molecule has 5 heteroatoms. The standard InChI is InChI=1S/C10H8Cl2N2S/c1-5-6(2)14-9(11)8(13-5)7-3-4-15-10(7)12/h3-4H,1-2H3. The summed E-state index contributed by atoms with van der Waals surface area (Å²) in [6, 6.07) is 1.90. The van der Waals surface area contributed by atoms with Crippen LogP contribution in [0.25, 0.3) is 11.3 Å². The van der Waals surface area contributed by atoms with Crippen molar-refractivity contribution in [3.8, 4) is 11.3 Å². The summed E-state index contributed by atoms with van der Waals surface area (Å²) < 4.78 is 0.689. The number of rotatable bonds is 1. The first-order valence-electron chi connectivity index (χ1n) is 4.33.